The summed E-state index contributed by atoms with van der Waals surface area (Å²) < 4.78 is 10.8. The van der Waals surface area contributed by atoms with E-state index >= 15 is 0 Å². The molecule has 0 fully saturated rings. The number of ether oxygens (including phenoxy) is 2. The van der Waals surface area contributed by atoms with Crippen LogP contribution in [-0.4, -0.2) is 31.2 Å². The van der Waals surface area contributed by atoms with Gasteiger partial charge < -0.3 is 14.8 Å². The zero-order chi connectivity index (χ0) is 19.2. The average molecular weight is 405 g/mol. The topological polar surface area (TPSA) is 60.5 Å². The van der Waals surface area contributed by atoms with E-state index in [1.54, 1.807) is 37.7 Å². The number of nitrogens with zero attached hydrogens (tertiary/aromatic N) is 1. The molecule has 1 N–H and O–H groups in total. The first kappa shape index (κ1) is 19.6. The number of pyridine rings is 1. The van der Waals surface area contributed by atoms with Crippen molar-refractivity contribution in [3.05, 3.63) is 70.5 Å². The van der Waals surface area contributed by atoms with Crippen LogP contribution in [0.1, 0.15) is 11.7 Å². The van der Waals surface area contributed by atoms with Gasteiger partial charge in [-0.05, 0) is 17.7 Å². The second kappa shape index (κ2) is 9.15. The molecule has 0 aliphatic carbocycles. The molecule has 0 spiro atoms. The number of hydrogen-bond donors (Lipinski definition) is 1. The van der Waals surface area contributed by atoms with E-state index in [0.717, 1.165) is 10.8 Å². The molecular formula is C20H18Cl2N2O3. The number of halogens is 2. The first-order chi connectivity index (χ1) is 13.1. The van der Waals surface area contributed by atoms with E-state index in [-0.39, 0.29) is 12.5 Å². The third-order valence-corrected chi connectivity index (χ3v) is 4.72. The van der Waals surface area contributed by atoms with Gasteiger partial charge in [-0.3, -0.25) is 9.78 Å². The summed E-state index contributed by atoms with van der Waals surface area (Å²) in [7, 11) is 1.57. The van der Waals surface area contributed by atoms with Gasteiger partial charge in [-0.2, -0.15) is 0 Å². The minimum atomic E-state index is -0.867. The smallest absolute Gasteiger partial charge is 0.258 e. The zero-order valence-corrected chi connectivity index (χ0v) is 16.1. The molecule has 140 valence electrons. The number of carbonyl (C=O) groups is 1. The minimum absolute atomic E-state index is 0.253. The van der Waals surface area contributed by atoms with Gasteiger partial charge in [-0.1, -0.05) is 53.5 Å². The number of aromatic nitrogens is 1. The van der Waals surface area contributed by atoms with Gasteiger partial charge in [0.15, 0.2) is 6.10 Å². The lowest BCUT2D eigenvalue weighted by Crippen LogP contribution is -2.25. The number of methoxy groups -OCH3 is 1. The summed E-state index contributed by atoms with van der Waals surface area (Å²) in [6, 6.07) is 12.7. The van der Waals surface area contributed by atoms with Crippen molar-refractivity contribution in [3.63, 3.8) is 0 Å². The monoisotopic (exact) mass is 404 g/mol. The molecule has 0 bridgehead atoms. The van der Waals surface area contributed by atoms with Crippen molar-refractivity contribution in [2.45, 2.75) is 6.10 Å². The number of nitrogens with one attached hydrogen (secondary N) is 1. The Morgan fingerprint density at radius 3 is 2.70 bits per heavy atom. The van der Waals surface area contributed by atoms with E-state index in [4.69, 9.17) is 32.7 Å². The molecule has 0 aliphatic heterocycles. The lowest BCUT2D eigenvalue weighted by atomic mass is 10.1. The third-order valence-electron chi connectivity index (χ3n) is 3.98. The molecule has 1 aromatic heterocycles. The van der Waals surface area contributed by atoms with Gasteiger partial charge >= 0.3 is 0 Å². The Morgan fingerprint density at radius 2 is 1.93 bits per heavy atom. The van der Waals surface area contributed by atoms with E-state index in [2.05, 4.69) is 10.3 Å². The molecule has 0 aliphatic rings. The second-order valence-corrected chi connectivity index (χ2v) is 6.63. The van der Waals surface area contributed by atoms with E-state index < -0.39 is 6.10 Å². The summed E-state index contributed by atoms with van der Waals surface area (Å²) in [6.45, 7) is 0.615. The molecular weight excluding hydrogens is 387 g/mol. The molecule has 2 aromatic carbocycles. The Bertz CT molecular complexity index is 944. The van der Waals surface area contributed by atoms with E-state index in [0.29, 0.717) is 27.9 Å². The molecule has 3 rings (SSSR count). The molecule has 27 heavy (non-hydrogen) atoms. The molecule has 0 radical (unpaired) electrons. The fraction of sp³-hybridized carbons (Fsp3) is 0.200. The van der Waals surface area contributed by atoms with Crippen molar-refractivity contribution >= 4 is 45.6 Å². The van der Waals surface area contributed by atoms with E-state index in [1.165, 1.54) is 0 Å². The molecule has 7 heteroatoms. The van der Waals surface area contributed by atoms with Crippen LogP contribution in [0.4, 0.5) is 5.69 Å². The maximum atomic E-state index is 13.0. The standard InChI is InChI=1S/C20H18Cl2N2O3/c1-26-8-9-27-19(13-6-7-16(21)17(22)10-13)20(25)24-18-12-23-11-14-4-2-3-5-15(14)18/h2-7,10-12,19H,8-9H2,1H3,(H,24,25)/t19-/m0/s1. The predicted molar refractivity (Wildman–Crippen MR) is 107 cm³/mol. The highest BCUT2D eigenvalue weighted by atomic mass is 35.5. The first-order valence-electron chi connectivity index (χ1n) is 8.29. The first-order valence-corrected chi connectivity index (χ1v) is 9.05. The maximum Gasteiger partial charge on any atom is 0.258 e. The van der Waals surface area contributed by atoms with Crippen LogP contribution in [-0.2, 0) is 14.3 Å². The van der Waals surface area contributed by atoms with Crippen LogP contribution in [0.3, 0.4) is 0 Å². The van der Waals surface area contributed by atoms with Crippen molar-refractivity contribution in [2.24, 2.45) is 0 Å². The number of rotatable bonds is 7. The fourth-order valence-electron chi connectivity index (χ4n) is 2.66. The van der Waals surface area contributed by atoms with Gasteiger partial charge in [-0.15, -0.1) is 0 Å². The summed E-state index contributed by atoms with van der Waals surface area (Å²) in [6.07, 6.45) is 2.49. The van der Waals surface area contributed by atoms with Crippen molar-refractivity contribution < 1.29 is 14.3 Å². The Labute approximate surface area is 167 Å². The SMILES string of the molecule is COCCO[C@H](C(=O)Nc1cncc2ccccc12)c1ccc(Cl)c(Cl)c1. The van der Waals surface area contributed by atoms with Crippen LogP contribution in [0.5, 0.6) is 0 Å². The van der Waals surface area contributed by atoms with E-state index in [1.807, 2.05) is 24.3 Å². The molecule has 1 amide bonds. The summed E-state index contributed by atoms with van der Waals surface area (Å²) in [5.41, 5.74) is 1.21. The fourth-order valence-corrected chi connectivity index (χ4v) is 2.97. The number of amides is 1. The zero-order valence-electron chi connectivity index (χ0n) is 14.6. The number of benzene rings is 2. The van der Waals surface area contributed by atoms with Gasteiger partial charge in [0.2, 0.25) is 0 Å². The number of hydrogen-bond acceptors (Lipinski definition) is 4. The Morgan fingerprint density at radius 1 is 1.11 bits per heavy atom. The summed E-state index contributed by atoms with van der Waals surface area (Å²) in [5.74, 6) is -0.331. The highest BCUT2D eigenvalue weighted by Gasteiger charge is 2.23. The number of carbonyl (C=O) groups excluding carboxylic acids is 1. The van der Waals surface area contributed by atoms with Gasteiger partial charge in [0.1, 0.15) is 0 Å². The summed E-state index contributed by atoms with van der Waals surface area (Å²) in [5, 5.41) is 5.49. The van der Waals surface area contributed by atoms with Crippen molar-refractivity contribution in [1.82, 2.24) is 4.98 Å². The lowest BCUT2D eigenvalue weighted by molar-refractivity contribution is -0.128. The van der Waals surface area contributed by atoms with Crippen LogP contribution >= 0.6 is 23.2 Å². The van der Waals surface area contributed by atoms with Gasteiger partial charge in [-0.25, -0.2) is 0 Å². The molecule has 1 heterocycles. The lowest BCUT2D eigenvalue weighted by Gasteiger charge is -2.19. The van der Waals surface area contributed by atoms with Crippen LogP contribution in [0.25, 0.3) is 10.8 Å². The Hall–Kier alpha value is -2.18. The average Bonchev–Trinajstić information content (AvgIpc) is 2.68. The molecule has 0 saturated heterocycles. The molecule has 5 nitrogen and oxygen atoms in total. The molecule has 0 saturated carbocycles. The van der Waals surface area contributed by atoms with Gasteiger partial charge in [0.05, 0.1) is 35.1 Å². The largest absolute Gasteiger partial charge is 0.382 e. The van der Waals surface area contributed by atoms with E-state index in [9.17, 15) is 4.79 Å². The maximum absolute atomic E-state index is 13.0. The number of anilines is 1. The van der Waals surface area contributed by atoms with Crippen LogP contribution in [0.15, 0.2) is 54.9 Å². The Kier molecular flexibility index (Phi) is 6.63. The molecule has 0 unspecified atom stereocenters. The van der Waals surface area contributed by atoms with Crippen molar-refractivity contribution in [3.8, 4) is 0 Å². The molecule has 3 aromatic rings. The van der Waals surface area contributed by atoms with Crippen LogP contribution in [0, 0.1) is 0 Å². The van der Waals surface area contributed by atoms with Crippen molar-refractivity contribution in [2.75, 3.05) is 25.6 Å². The Balaban J connectivity index is 1.88. The van der Waals surface area contributed by atoms with Crippen LogP contribution < -0.4 is 5.32 Å². The number of fused-ring (bicyclic) bond motifs is 1. The normalized spacial score (nSPS) is 12.1. The third kappa shape index (κ3) is 4.76. The highest BCUT2D eigenvalue weighted by Crippen LogP contribution is 2.29. The molecule has 1 atom stereocenters. The summed E-state index contributed by atoms with van der Waals surface area (Å²) in [4.78, 5) is 17.2. The van der Waals surface area contributed by atoms with Gasteiger partial charge in [0.25, 0.3) is 5.91 Å². The van der Waals surface area contributed by atoms with Crippen molar-refractivity contribution in [1.29, 1.82) is 0 Å². The predicted octanol–water partition coefficient (Wildman–Crippen LogP) is 4.88. The highest BCUT2D eigenvalue weighted by molar-refractivity contribution is 6.42. The quantitative estimate of drug-likeness (QED) is 0.569. The summed E-state index contributed by atoms with van der Waals surface area (Å²) >= 11 is 12.1. The van der Waals surface area contributed by atoms with Crippen LogP contribution in [0.2, 0.25) is 10.0 Å². The van der Waals surface area contributed by atoms with Gasteiger partial charge in [0, 0.05) is 24.1 Å². The minimum Gasteiger partial charge on any atom is -0.382 e. The second-order valence-electron chi connectivity index (χ2n) is 5.81.